The van der Waals surface area contributed by atoms with Gasteiger partial charge >= 0.3 is 10.1 Å². The number of hydrogen-bond acceptors (Lipinski definition) is 9. The summed E-state index contributed by atoms with van der Waals surface area (Å²) in [5.74, 6) is -0.464. The van der Waals surface area contributed by atoms with E-state index < -0.39 is 26.0 Å². The van der Waals surface area contributed by atoms with Gasteiger partial charge in [-0.15, -0.1) is 0 Å². The highest BCUT2D eigenvalue weighted by Crippen LogP contribution is 2.48. The molecule has 9 nitrogen and oxygen atoms in total. The molecule has 0 fully saturated rings. The molecule has 0 radical (unpaired) electrons. The zero-order chi connectivity index (χ0) is 32.1. The van der Waals surface area contributed by atoms with Crippen LogP contribution in [-0.2, 0) is 31.1 Å². The van der Waals surface area contributed by atoms with E-state index in [1.165, 1.54) is 0 Å². The third kappa shape index (κ3) is 9.10. The molecule has 0 spiro atoms. The van der Waals surface area contributed by atoms with Crippen molar-refractivity contribution in [3.63, 3.8) is 0 Å². The molecule has 0 N–H and O–H groups in total. The van der Waals surface area contributed by atoms with Crippen LogP contribution in [0.4, 0.5) is 5.69 Å². The first-order valence-corrected chi connectivity index (χ1v) is 20.1. The summed E-state index contributed by atoms with van der Waals surface area (Å²) in [5.41, 5.74) is 1.89. The number of rotatable bonds is 16. The van der Waals surface area contributed by atoms with E-state index in [-0.39, 0.29) is 16.8 Å². The standard InChI is InChI=1S/C29H38Cl2N3O6S4/c1-4-34(5-2,6-3)40-44(38,39)18-10-8-16-33-25-20-23(31)12-14-27(25)42-29(33)21-28-32(15-7-9-17-43(35,36)37)24-19-22(30)11-13-26(24)41-28/h11-14,19-21H,4-10,15-18H2,1-3H3/q+1. The Labute approximate surface area is 278 Å². The molecule has 1 aromatic heterocycles. The van der Waals surface area contributed by atoms with Gasteiger partial charge in [-0.25, -0.2) is 8.42 Å². The van der Waals surface area contributed by atoms with Crippen molar-refractivity contribution in [2.24, 2.45) is 0 Å². The number of thioether (sulfide) groups is 1. The van der Waals surface area contributed by atoms with Crippen LogP contribution in [0.2, 0.25) is 10.0 Å². The molecule has 242 valence electrons. The minimum absolute atomic E-state index is 0.0639. The van der Waals surface area contributed by atoms with Crippen LogP contribution < -0.4 is 9.47 Å². The molecule has 0 atom stereocenters. The molecule has 15 heteroatoms. The number of quaternary nitrogens is 1. The molecule has 2 aromatic carbocycles. The Kier molecular flexibility index (Phi) is 12.1. The Morgan fingerprint density at radius 1 is 0.932 bits per heavy atom. The highest BCUT2D eigenvalue weighted by atomic mass is 35.5. The van der Waals surface area contributed by atoms with Crippen LogP contribution in [0.5, 0.6) is 0 Å². The van der Waals surface area contributed by atoms with Gasteiger partial charge in [0, 0.05) is 39.7 Å². The molecule has 44 heavy (non-hydrogen) atoms. The Bertz CT molecular complexity index is 1720. The van der Waals surface area contributed by atoms with E-state index in [4.69, 9.17) is 27.5 Å². The van der Waals surface area contributed by atoms with Crippen LogP contribution in [-0.4, -0.2) is 63.7 Å². The van der Waals surface area contributed by atoms with E-state index in [9.17, 15) is 21.4 Å². The molecule has 0 saturated heterocycles. The van der Waals surface area contributed by atoms with Gasteiger partial charge in [0.15, 0.2) is 6.54 Å². The third-order valence-electron chi connectivity index (χ3n) is 7.68. The lowest BCUT2D eigenvalue weighted by Gasteiger charge is -2.30. The fourth-order valence-corrected chi connectivity index (χ4v) is 9.74. The highest BCUT2D eigenvalue weighted by Gasteiger charge is 2.32. The summed E-state index contributed by atoms with van der Waals surface area (Å²) in [6.45, 7) is 8.60. The van der Waals surface area contributed by atoms with E-state index in [0.29, 0.717) is 62.0 Å². The molecule has 0 saturated carbocycles. The molecular formula is C29H38Cl2N3O6S4+. The van der Waals surface area contributed by atoms with Crippen LogP contribution in [0.15, 0.2) is 46.3 Å². The second-order valence-corrected chi connectivity index (χ2v) is 16.8. The van der Waals surface area contributed by atoms with E-state index >= 15 is 0 Å². The monoisotopic (exact) mass is 722 g/mol. The fourth-order valence-electron chi connectivity index (χ4n) is 5.13. The Morgan fingerprint density at radius 2 is 1.59 bits per heavy atom. The van der Waals surface area contributed by atoms with Crippen molar-refractivity contribution in [3.8, 4) is 0 Å². The minimum atomic E-state index is -4.28. The number of hydroxylamine groups is 3. The third-order valence-corrected chi connectivity index (χ3v) is 12.5. The topological polar surface area (TPSA) is 108 Å². The maximum absolute atomic E-state index is 12.8. The zero-order valence-corrected chi connectivity index (χ0v) is 29.8. The Balaban J connectivity index is 1.57. The van der Waals surface area contributed by atoms with Gasteiger partial charge in [-0.05, 0) is 70.4 Å². The molecular weight excluding hydrogens is 686 g/mol. The molecule has 0 bridgehead atoms. The summed E-state index contributed by atoms with van der Waals surface area (Å²) < 4.78 is 68.0. The van der Waals surface area contributed by atoms with Gasteiger partial charge in [-0.2, -0.15) is 17.6 Å². The summed E-state index contributed by atoms with van der Waals surface area (Å²) in [4.78, 5) is 3.13. The van der Waals surface area contributed by atoms with E-state index in [1.807, 2.05) is 57.2 Å². The molecule has 0 amide bonds. The number of aromatic nitrogens is 1. The van der Waals surface area contributed by atoms with Crippen LogP contribution in [0.3, 0.4) is 0 Å². The van der Waals surface area contributed by atoms with Crippen molar-refractivity contribution in [2.45, 2.75) is 57.9 Å². The van der Waals surface area contributed by atoms with Crippen molar-refractivity contribution in [1.82, 2.24) is 0 Å². The lowest BCUT2D eigenvalue weighted by atomic mass is 10.2. The van der Waals surface area contributed by atoms with Gasteiger partial charge in [-0.3, -0.25) is 0 Å². The van der Waals surface area contributed by atoms with Crippen molar-refractivity contribution in [1.29, 1.82) is 0 Å². The van der Waals surface area contributed by atoms with Gasteiger partial charge in [0.05, 0.1) is 32.7 Å². The van der Waals surface area contributed by atoms with Crippen LogP contribution in [0.1, 0.15) is 51.5 Å². The Morgan fingerprint density at radius 3 is 2.27 bits per heavy atom. The summed E-state index contributed by atoms with van der Waals surface area (Å²) in [7, 11) is -7.98. The van der Waals surface area contributed by atoms with Crippen molar-refractivity contribution in [3.05, 3.63) is 56.5 Å². The first-order chi connectivity index (χ1) is 20.8. The largest absolute Gasteiger partial charge is 0.748 e. The summed E-state index contributed by atoms with van der Waals surface area (Å²) in [6.07, 6.45) is 3.92. The molecule has 2 heterocycles. The number of nitrogens with zero attached hydrogens (tertiary/aromatic N) is 3. The number of anilines is 1. The smallest absolute Gasteiger partial charge is 0.314 e. The van der Waals surface area contributed by atoms with Gasteiger partial charge in [0.25, 0.3) is 5.01 Å². The normalized spacial score (nSPS) is 15.0. The molecule has 1 aliphatic heterocycles. The average molecular weight is 724 g/mol. The SMILES string of the molecule is CC[N+](CC)(CC)OS(=O)(=O)CCCC[n+]1c(C=C2Sc3ccc(Cl)cc3N2CCCCS(=O)(=O)[O-])sc2ccc(Cl)cc21. The maximum Gasteiger partial charge on any atom is 0.314 e. The first-order valence-electron chi connectivity index (χ1n) is 14.6. The van der Waals surface area contributed by atoms with Gasteiger partial charge in [-0.1, -0.05) is 50.6 Å². The lowest BCUT2D eigenvalue weighted by molar-refractivity contribution is -1.08. The van der Waals surface area contributed by atoms with Crippen molar-refractivity contribution in [2.75, 3.05) is 42.6 Å². The molecule has 0 aliphatic carbocycles. The highest BCUT2D eigenvalue weighted by molar-refractivity contribution is 8.04. The first kappa shape index (κ1) is 35.4. The number of unbranched alkanes of at least 4 members (excludes halogenated alkanes) is 2. The number of benzene rings is 2. The van der Waals surface area contributed by atoms with Gasteiger partial charge in [0.2, 0.25) is 5.52 Å². The maximum atomic E-state index is 12.8. The number of hydrogen-bond donors (Lipinski definition) is 0. The lowest BCUT2D eigenvalue weighted by Crippen LogP contribution is -2.49. The summed E-state index contributed by atoms with van der Waals surface area (Å²) in [5, 5.41) is 3.12. The average Bonchev–Trinajstić information content (AvgIpc) is 3.48. The number of fused-ring (bicyclic) bond motifs is 2. The predicted molar refractivity (Wildman–Crippen MR) is 179 cm³/mol. The molecule has 0 unspecified atom stereocenters. The van der Waals surface area contributed by atoms with Gasteiger partial charge in [0.1, 0.15) is 24.3 Å². The zero-order valence-electron chi connectivity index (χ0n) is 25.0. The molecule has 1 aliphatic rings. The number of aryl methyl sites for hydroxylation is 1. The second-order valence-electron chi connectivity index (χ2n) is 10.6. The summed E-state index contributed by atoms with van der Waals surface area (Å²) >= 11 is 15.9. The van der Waals surface area contributed by atoms with Gasteiger partial charge < -0.3 is 9.45 Å². The van der Waals surface area contributed by atoms with E-state index in [1.54, 1.807) is 23.1 Å². The number of thiazole rings is 1. The van der Waals surface area contributed by atoms with Crippen molar-refractivity contribution < 1.29 is 34.9 Å². The second kappa shape index (κ2) is 15.0. The molecule has 3 aromatic rings. The minimum Gasteiger partial charge on any atom is -0.748 e. The Hall–Kier alpha value is -1.42. The molecule has 4 rings (SSSR count). The summed E-state index contributed by atoms with van der Waals surface area (Å²) in [6, 6.07) is 11.4. The van der Waals surface area contributed by atoms with Crippen LogP contribution in [0, 0.1) is 0 Å². The fraction of sp³-hybridized carbons (Fsp3) is 0.483. The van der Waals surface area contributed by atoms with Crippen LogP contribution >= 0.6 is 46.3 Å². The van der Waals surface area contributed by atoms with Crippen molar-refractivity contribution >= 4 is 88.5 Å². The van der Waals surface area contributed by atoms with Crippen LogP contribution in [0.25, 0.3) is 16.3 Å². The predicted octanol–water partition coefficient (Wildman–Crippen LogP) is 6.65. The van der Waals surface area contributed by atoms with E-state index in [2.05, 4.69) is 15.5 Å². The van der Waals surface area contributed by atoms with E-state index in [0.717, 1.165) is 30.8 Å². The number of halogens is 2. The quantitative estimate of drug-likeness (QED) is 0.0532.